The van der Waals surface area contributed by atoms with Gasteiger partial charge < -0.3 is 20.8 Å². The van der Waals surface area contributed by atoms with Crippen LogP contribution in [0.1, 0.15) is 31.4 Å². The largest absolute Gasteiger partial charge is 0.391 e. The Kier molecular flexibility index (Phi) is 4.85. The summed E-state index contributed by atoms with van der Waals surface area (Å²) in [7, 11) is 0. The molecule has 2 fully saturated rings. The molecule has 2 unspecified atom stereocenters. The molecule has 0 bridgehead atoms. The first-order valence-corrected chi connectivity index (χ1v) is 11.0. The van der Waals surface area contributed by atoms with Crippen molar-refractivity contribution in [2.45, 2.75) is 50.9 Å². The van der Waals surface area contributed by atoms with Crippen LogP contribution in [0.5, 0.6) is 0 Å². The van der Waals surface area contributed by atoms with Gasteiger partial charge >= 0.3 is 0 Å². The lowest BCUT2D eigenvalue weighted by Crippen LogP contribution is -2.37. The number of hydrogen-bond acceptors (Lipinski definition) is 8. The first kappa shape index (κ1) is 18.7. The second-order valence-electron chi connectivity index (χ2n) is 8.05. The molecule has 0 saturated heterocycles. The Morgan fingerprint density at radius 3 is 2.52 bits per heavy atom. The maximum absolute atomic E-state index is 10.3. The molecule has 2 aliphatic rings. The third-order valence-electron chi connectivity index (χ3n) is 5.73. The van der Waals surface area contributed by atoms with Crippen LogP contribution in [0.4, 0.5) is 11.8 Å². The highest BCUT2D eigenvalue weighted by molar-refractivity contribution is 7.21. The van der Waals surface area contributed by atoms with E-state index in [1.807, 2.05) is 25.1 Å². The van der Waals surface area contributed by atoms with Crippen LogP contribution in [0.25, 0.3) is 20.8 Å². The van der Waals surface area contributed by atoms with E-state index in [4.69, 9.17) is 9.97 Å². The number of para-hydroxylation sites is 1. The summed E-state index contributed by atoms with van der Waals surface area (Å²) >= 11 is 1.60. The van der Waals surface area contributed by atoms with Gasteiger partial charge in [-0.1, -0.05) is 12.1 Å². The molecule has 8 heteroatoms. The number of thiazole rings is 1. The molecule has 3 aromatic rings. The van der Waals surface area contributed by atoms with Crippen molar-refractivity contribution >= 4 is 33.3 Å². The van der Waals surface area contributed by atoms with E-state index in [0.29, 0.717) is 30.5 Å². The number of anilines is 2. The number of fused-ring (bicyclic) bond motifs is 1. The third kappa shape index (κ3) is 3.80. The van der Waals surface area contributed by atoms with Crippen LogP contribution in [0.2, 0.25) is 0 Å². The summed E-state index contributed by atoms with van der Waals surface area (Å²) in [6.07, 6.45) is 2.44. The van der Waals surface area contributed by atoms with Gasteiger partial charge in [0.25, 0.3) is 0 Å². The van der Waals surface area contributed by atoms with Crippen molar-refractivity contribution in [2.24, 2.45) is 5.92 Å². The number of hydrogen-bond donors (Lipinski definition) is 4. The fourth-order valence-corrected chi connectivity index (χ4v) is 4.92. The SMILES string of the molecule is Cc1nc(NCC2CC2)nc(NC2C(O)CCC2O)c1-c1nc2ccccc2s1. The minimum absolute atomic E-state index is 0.450. The van der Waals surface area contributed by atoms with Gasteiger partial charge in [0.2, 0.25) is 5.95 Å². The van der Waals surface area contributed by atoms with Crippen molar-refractivity contribution in [2.75, 3.05) is 17.2 Å². The van der Waals surface area contributed by atoms with Crippen molar-refractivity contribution in [1.29, 1.82) is 0 Å². The van der Waals surface area contributed by atoms with Crippen LogP contribution in [0.15, 0.2) is 24.3 Å². The highest BCUT2D eigenvalue weighted by atomic mass is 32.1. The van der Waals surface area contributed by atoms with Crippen LogP contribution in [0.3, 0.4) is 0 Å². The zero-order valence-corrected chi connectivity index (χ0v) is 17.1. The lowest BCUT2D eigenvalue weighted by molar-refractivity contribution is 0.120. The fraction of sp³-hybridized carbons (Fsp3) is 0.476. The van der Waals surface area contributed by atoms with Gasteiger partial charge in [-0.2, -0.15) is 4.98 Å². The lowest BCUT2D eigenvalue weighted by Gasteiger charge is -2.23. The molecule has 0 spiro atoms. The van der Waals surface area contributed by atoms with E-state index >= 15 is 0 Å². The van der Waals surface area contributed by atoms with Gasteiger partial charge in [-0.25, -0.2) is 9.97 Å². The van der Waals surface area contributed by atoms with E-state index in [2.05, 4.69) is 21.7 Å². The quantitative estimate of drug-likeness (QED) is 0.494. The molecule has 29 heavy (non-hydrogen) atoms. The van der Waals surface area contributed by atoms with Crippen molar-refractivity contribution in [1.82, 2.24) is 15.0 Å². The molecule has 4 N–H and O–H groups in total. The Bertz CT molecular complexity index is 992. The van der Waals surface area contributed by atoms with Crippen molar-refractivity contribution in [3.8, 4) is 10.6 Å². The predicted octanol–water partition coefficient (Wildman–Crippen LogP) is 3.18. The number of benzene rings is 1. The minimum Gasteiger partial charge on any atom is -0.391 e. The second kappa shape index (κ2) is 7.51. The number of aliphatic hydroxyl groups is 2. The molecular weight excluding hydrogens is 386 g/mol. The van der Waals surface area contributed by atoms with Gasteiger partial charge in [0.15, 0.2) is 0 Å². The highest BCUT2D eigenvalue weighted by Gasteiger charge is 2.35. The summed E-state index contributed by atoms with van der Waals surface area (Å²) in [5.74, 6) is 1.89. The number of aromatic nitrogens is 3. The van der Waals surface area contributed by atoms with Gasteiger partial charge in [-0.3, -0.25) is 0 Å². The summed E-state index contributed by atoms with van der Waals surface area (Å²) < 4.78 is 1.10. The molecule has 7 nitrogen and oxygen atoms in total. The molecule has 152 valence electrons. The summed E-state index contributed by atoms with van der Waals surface area (Å²) in [6, 6.07) is 7.58. The molecule has 2 atom stereocenters. The van der Waals surface area contributed by atoms with E-state index in [1.54, 1.807) is 11.3 Å². The number of aryl methyl sites for hydroxylation is 1. The Morgan fingerprint density at radius 1 is 1.03 bits per heavy atom. The second-order valence-corrected chi connectivity index (χ2v) is 9.08. The molecule has 1 aromatic carbocycles. The van der Waals surface area contributed by atoms with Gasteiger partial charge in [0.1, 0.15) is 10.8 Å². The molecule has 2 saturated carbocycles. The number of nitrogens with zero attached hydrogens (tertiary/aromatic N) is 3. The van der Waals surface area contributed by atoms with E-state index in [-0.39, 0.29) is 0 Å². The Morgan fingerprint density at radius 2 is 1.79 bits per heavy atom. The van der Waals surface area contributed by atoms with Crippen molar-refractivity contribution in [3.63, 3.8) is 0 Å². The zero-order valence-electron chi connectivity index (χ0n) is 16.3. The first-order chi connectivity index (χ1) is 14.1. The smallest absolute Gasteiger partial charge is 0.224 e. The first-order valence-electron chi connectivity index (χ1n) is 10.2. The molecule has 0 radical (unpaired) electrons. The summed E-state index contributed by atoms with van der Waals surface area (Å²) in [4.78, 5) is 14.2. The van der Waals surface area contributed by atoms with Crippen LogP contribution in [-0.4, -0.2) is 50.0 Å². The van der Waals surface area contributed by atoms with Crippen LogP contribution in [0, 0.1) is 12.8 Å². The third-order valence-corrected chi connectivity index (χ3v) is 6.79. The normalized spacial score (nSPS) is 24.2. The number of nitrogens with one attached hydrogen (secondary N) is 2. The zero-order chi connectivity index (χ0) is 20.0. The van der Waals surface area contributed by atoms with Crippen molar-refractivity contribution in [3.05, 3.63) is 30.0 Å². The van der Waals surface area contributed by atoms with Gasteiger partial charge in [0.05, 0.1) is 39.7 Å². The lowest BCUT2D eigenvalue weighted by atomic mass is 10.1. The molecule has 2 heterocycles. The molecule has 2 aliphatic carbocycles. The maximum atomic E-state index is 10.3. The molecule has 0 aliphatic heterocycles. The highest BCUT2D eigenvalue weighted by Crippen LogP contribution is 2.37. The fourth-order valence-electron chi connectivity index (χ4n) is 3.86. The predicted molar refractivity (Wildman–Crippen MR) is 115 cm³/mol. The van der Waals surface area contributed by atoms with E-state index in [9.17, 15) is 10.2 Å². The summed E-state index contributed by atoms with van der Waals surface area (Å²) in [6.45, 7) is 2.83. The Labute approximate surface area is 173 Å². The van der Waals surface area contributed by atoms with Crippen LogP contribution in [-0.2, 0) is 0 Å². The number of aliphatic hydroxyl groups excluding tert-OH is 2. The van der Waals surface area contributed by atoms with E-state index < -0.39 is 18.2 Å². The molecule has 0 amide bonds. The standard InChI is InChI=1S/C21H25N5O2S/c1-11-17(20-24-13-4-2-3-5-16(13)29-20)19(25-18-14(27)8-9-15(18)28)26-21(23-11)22-10-12-6-7-12/h2-5,12,14-15,18,27-28H,6-10H2,1H3,(H2,22,23,25,26). The van der Waals surface area contributed by atoms with Crippen LogP contribution < -0.4 is 10.6 Å². The summed E-state index contributed by atoms with van der Waals surface area (Å²) in [5.41, 5.74) is 2.59. The van der Waals surface area contributed by atoms with Gasteiger partial charge in [-0.15, -0.1) is 11.3 Å². The molecule has 5 rings (SSSR count). The van der Waals surface area contributed by atoms with Gasteiger partial charge in [-0.05, 0) is 50.7 Å². The number of rotatable bonds is 6. The summed E-state index contributed by atoms with van der Waals surface area (Å²) in [5, 5.41) is 28.1. The Hall–Kier alpha value is -2.29. The minimum atomic E-state index is -0.605. The van der Waals surface area contributed by atoms with E-state index in [0.717, 1.165) is 33.0 Å². The van der Waals surface area contributed by atoms with E-state index in [1.165, 1.54) is 12.8 Å². The average molecular weight is 412 g/mol. The maximum Gasteiger partial charge on any atom is 0.224 e. The topological polar surface area (TPSA) is 103 Å². The molecular formula is C21H25N5O2S. The van der Waals surface area contributed by atoms with Gasteiger partial charge in [0, 0.05) is 6.54 Å². The van der Waals surface area contributed by atoms with Crippen LogP contribution >= 0.6 is 11.3 Å². The monoisotopic (exact) mass is 411 g/mol. The Balaban J connectivity index is 1.55. The average Bonchev–Trinajstić information content (AvgIpc) is 3.36. The van der Waals surface area contributed by atoms with Crippen molar-refractivity contribution < 1.29 is 10.2 Å². The molecule has 2 aromatic heterocycles.